The van der Waals surface area contributed by atoms with Gasteiger partial charge in [-0.2, -0.15) is 12.7 Å². The van der Waals surface area contributed by atoms with Crippen LogP contribution in [0.4, 0.5) is 5.69 Å². The van der Waals surface area contributed by atoms with Gasteiger partial charge in [-0.25, -0.2) is 0 Å². The zero-order valence-electron chi connectivity index (χ0n) is 25.9. The maximum atomic E-state index is 13.7. The highest BCUT2D eigenvalue weighted by Gasteiger charge is 2.29. The van der Waals surface area contributed by atoms with Crippen LogP contribution in [0.25, 0.3) is 6.08 Å². The first-order valence-electron chi connectivity index (χ1n) is 14.6. The van der Waals surface area contributed by atoms with E-state index in [4.69, 9.17) is 0 Å². The minimum atomic E-state index is -3.75. The molecule has 1 aliphatic carbocycles. The van der Waals surface area contributed by atoms with Crippen molar-refractivity contribution in [2.24, 2.45) is 17.8 Å². The standard InChI is InChI=1S/C32H47N5O4S/c1-22(2)20-34-31(38)24(4)33-21-29(17-25-11-9-8-10-12-25)35-32(39)28-16-26(13-14-27-15-23(27)3)18-30(19-28)37(7)42(40,41)36(5)6/h8-14,16,18-19,22-24,27,29,33H,15,17,20-21H2,1-7H3,(H,34,38)(H,35,39)/b14-13-/t23-,24-,27-,29-/m0/s1. The number of amides is 2. The number of hydrogen-bond acceptors (Lipinski definition) is 5. The molecule has 1 fully saturated rings. The topological polar surface area (TPSA) is 111 Å². The molecule has 230 valence electrons. The van der Waals surface area contributed by atoms with Crippen LogP contribution >= 0.6 is 0 Å². The molecule has 2 aromatic carbocycles. The van der Waals surface area contributed by atoms with Crippen LogP contribution in [0.5, 0.6) is 0 Å². The van der Waals surface area contributed by atoms with E-state index in [1.165, 1.54) is 25.4 Å². The van der Waals surface area contributed by atoms with Crippen LogP contribution in [0.15, 0.2) is 54.6 Å². The number of carbonyl (C=O) groups is 2. The molecule has 3 rings (SSSR count). The third kappa shape index (κ3) is 9.68. The van der Waals surface area contributed by atoms with Crippen LogP contribution in [0, 0.1) is 17.8 Å². The highest BCUT2D eigenvalue weighted by Crippen LogP contribution is 2.39. The van der Waals surface area contributed by atoms with E-state index in [2.05, 4.69) is 29.0 Å². The average Bonchev–Trinajstić information content (AvgIpc) is 3.67. The van der Waals surface area contributed by atoms with Crippen molar-refractivity contribution in [3.63, 3.8) is 0 Å². The number of allylic oxidation sites excluding steroid dienone is 1. The molecule has 9 nitrogen and oxygen atoms in total. The average molecular weight is 598 g/mol. The smallest absolute Gasteiger partial charge is 0.303 e. The number of nitrogens with one attached hydrogen (secondary N) is 3. The number of carbonyl (C=O) groups excluding carboxylic acids is 2. The second-order valence-corrected chi connectivity index (χ2v) is 14.1. The Labute approximate surface area is 251 Å². The molecular formula is C32H47N5O4S. The highest BCUT2D eigenvalue weighted by molar-refractivity contribution is 7.90. The van der Waals surface area contributed by atoms with Gasteiger partial charge in [0.15, 0.2) is 0 Å². The van der Waals surface area contributed by atoms with Crippen LogP contribution in [0.3, 0.4) is 0 Å². The summed E-state index contributed by atoms with van der Waals surface area (Å²) in [5, 5.41) is 9.34. The minimum absolute atomic E-state index is 0.0901. The molecule has 0 aliphatic heterocycles. The van der Waals surface area contributed by atoms with Crippen molar-refractivity contribution in [3.05, 3.63) is 71.3 Å². The lowest BCUT2D eigenvalue weighted by atomic mass is 10.0. The molecule has 0 radical (unpaired) electrons. The summed E-state index contributed by atoms with van der Waals surface area (Å²) in [4.78, 5) is 26.2. The van der Waals surface area contributed by atoms with Crippen molar-refractivity contribution in [3.8, 4) is 0 Å². The summed E-state index contributed by atoms with van der Waals surface area (Å²) >= 11 is 0. The number of benzene rings is 2. The molecule has 0 saturated heterocycles. The van der Waals surface area contributed by atoms with Gasteiger partial charge < -0.3 is 16.0 Å². The Morgan fingerprint density at radius 2 is 1.69 bits per heavy atom. The Morgan fingerprint density at radius 1 is 1.02 bits per heavy atom. The van der Waals surface area contributed by atoms with Gasteiger partial charge in [0, 0.05) is 45.8 Å². The maximum Gasteiger partial charge on any atom is 0.303 e. The van der Waals surface area contributed by atoms with E-state index in [9.17, 15) is 18.0 Å². The fourth-order valence-corrected chi connectivity index (χ4v) is 5.35. The quantitative estimate of drug-likeness (QED) is 0.290. The summed E-state index contributed by atoms with van der Waals surface area (Å²) in [6.45, 7) is 9.05. The lowest BCUT2D eigenvalue weighted by Crippen LogP contribution is -2.50. The van der Waals surface area contributed by atoms with E-state index in [0.29, 0.717) is 48.5 Å². The lowest BCUT2D eigenvalue weighted by Gasteiger charge is -2.25. The van der Waals surface area contributed by atoms with Gasteiger partial charge in [0.25, 0.3) is 5.91 Å². The Balaban J connectivity index is 1.85. The third-order valence-electron chi connectivity index (χ3n) is 7.49. The molecule has 2 amide bonds. The number of rotatable bonds is 15. The summed E-state index contributed by atoms with van der Waals surface area (Å²) in [7, 11) is 0.679. The summed E-state index contributed by atoms with van der Waals surface area (Å²) in [5.41, 5.74) is 2.56. The molecule has 1 saturated carbocycles. The first-order chi connectivity index (χ1) is 19.8. The van der Waals surface area contributed by atoms with Crippen molar-refractivity contribution in [1.82, 2.24) is 20.3 Å². The van der Waals surface area contributed by atoms with E-state index in [-0.39, 0.29) is 17.9 Å². The van der Waals surface area contributed by atoms with Crippen molar-refractivity contribution < 1.29 is 18.0 Å². The van der Waals surface area contributed by atoms with Crippen LogP contribution < -0.4 is 20.3 Å². The van der Waals surface area contributed by atoms with Gasteiger partial charge in [-0.1, -0.05) is 63.3 Å². The van der Waals surface area contributed by atoms with E-state index < -0.39 is 16.3 Å². The maximum absolute atomic E-state index is 13.7. The number of nitrogens with zero attached hydrogens (tertiary/aromatic N) is 2. The zero-order chi connectivity index (χ0) is 31.0. The molecule has 0 heterocycles. The minimum Gasteiger partial charge on any atom is -0.354 e. The lowest BCUT2D eigenvalue weighted by molar-refractivity contribution is -0.122. The molecule has 0 unspecified atom stereocenters. The Hall–Kier alpha value is -3.21. The SMILES string of the molecule is CC(C)CNC(=O)[C@H](C)NC[C@H](Cc1ccccc1)NC(=O)c1cc(/C=C\[C@H]2C[C@@H]2C)cc(N(C)S(=O)(=O)N(C)C)c1. The normalized spacial score (nSPS) is 18.2. The predicted octanol–water partition coefficient (Wildman–Crippen LogP) is 3.69. The Kier molecular flexibility index (Phi) is 11.7. The van der Waals surface area contributed by atoms with E-state index in [0.717, 1.165) is 21.9 Å². The molecule has 10 heteroatoms. The monoisotopic (exact) mass is 597 g/mol. The summed E-state index contributed by atoms with van der Waals surface area (Å²) in [6.07, 6.45) is 5.77. The van der Waals surface area contributed by atoms with Crippen molar-refractivity contribution in [2.75, 3.05) is 38.5 Å². The highest BCUT2D eigenvalue weighted by atomic mass is 32.2. The van der Waals surface area contributed by atoms with Crippen LogP contribution in [-0.4, -0.2) is 70.9 Å². The first kappa shape index (κ1) is 33.3. The van der Waals surface area contributed by atoms with Gasteiger partial charge in [-0.05, 0) is 66.8 Å². The fraction of sp³-hybridized carbons (Fsp3) is 0.500. The second-order valence-electron chi connectivity index (χ2n) is 11.9. The van der Waals surface area contributed by atoms with Crippen LogP contribution in [0.2, 0.25) is 0 Å². The van der Waals surface area contributed by atoms with Gasteiger partial charge in [0.05, 0.1) is 11.7 Å². The van der Waals surface area contributed by atoms with E-state index in [1.54, 1.807) is 25.1 Å². The van der Waals surface area contributed by atoms with Crippen LogP contribution in [-0.2, 0) is 21.4 Å². The second kappa shape index (κ2) is 14.8. The van der Waals surface area contributed by atoms with Gasteiger partial charge in [-0.15, -0.1) is 0 Å². The number of anilines is 1. The van der Waals surface area contributed by atoms with Gasteiger partial charge in [-0.3, -0.25) is 13.9 Å². The van der Waals surface area contributed by atoms with Gasteiger partial charge in [0.2, 0.25) is 5.91 Å². The summed E-state index contributed by atoms with van der Waals surface area (Å²) in [6, 6.07) is 14.3. The van der Waals surface area contributed by atoms with Crippen LogP contribution in [0.1, 0.15) is 55.6 Å². The third-order valence-corrected chi connectivity index (χ3v) is 9.32. The van der Waals surface area contributed by atoms with E-state index in [1.807, 2.05) is 50.3 Å². The largest absolute Gasteiger partial charge is 0.354 e. The predicted molar refractivity (Wildman–Crippen MR) is 170 cm³/mol. The van der Waals surface area contributed by atoms with Crippen molar-refractivity contribution >= 4 is 33.8 Å². The summed E-state index contributed by atoms with van der Waals surface area (Å²) in [5.74, 6) is 1.07. The van der Waals surface area contributed by atoms with Gasteiger partial charge in [0.1, 0.15) is 0 Å². The Morgan fingerprint density at radius 3 is 2.29 bits per heavy atom. The molecule has 4 atom stereocenters. The zero-order valence-corrected chi connectivity index (χ0v) is 26.7. The molecule has 0 aromatic heterocycles. The van der Waals surface area contributed by atoms with Gasteiger partial charge >= 0.3 is 10.2 Å². The van der Waals surface area contributed by atoms with E-state index >= 15 is 0 Å². The first-order valence-corrected chi connectivity index (χ1v) is 16.0. The molecule has 2 aromatic rings. The number of hydrogen-bond donors (Lipinski definition) is 3. The van der Waals surface area contributed by atoms with Crippen molar-refractivity contribution in [2.45, 2.75) is 52.6 Å². The molecule has 3 N–H and O–H groups in total. The molecule has 0 spiro atoms. The molecule has 1 aliphatic rings. The van der Waals surface area contributed by atoms with Crippen molar-refractivity contribution in [1.29, 1.82) is 0 Å². The Bertz CT molecular complexity index is 1340. The molecule has 0 bridgehead atoms. The summed E-state index contributed by atoms with van der Waals surface area (Å²) < 4.78 is 28.1. The molecular weight excluding hydrogens is 550 g/mol. The molecule has 42 heavy (non-hydrogen) atoms. The fourth-order valence-electron chi connectivity index (χ4n) is 4.49.